The number of sulfonamides is 1. The highest BCUT2D eigenvalue weighted by atomic mass is 127. The summed E-state index contributed by atoms with van der Waals surface area (Å²) >= 11 is 2.14. The maximum atomic E-state index is 12.4. The van der Waals surface area contributed by atoms with Crippen molar-refractivity contribution >= 4 is 49.9 Å². The van der Waals surface area contributed by atoms with Crippen LogP contribution in [0.5, 0.6) is 5.75 Å². The van der Waals surface area contributed by atoms with Gasteiger partial charge in [0.15, 0.2) is 0 Å². The smallest absolute Gasteiger partial charge is 0.245 e. The van der Waals surface area contributed by atoms with Crippen LogP contribution in [-0.2, 0) is 14.8 Å². The van der Waals surface area contributed by atoms with E-state index in [4.69, 9.17) is 4.74 Å². The van der Waals surface area contributed by atoms with Gasteiger partial charge in [0.2, 0.25) is 15.9 Å². The van der Waals surface area contributed by atoms with Gasteiger partial charge in [0.05, 0.1) is 18.0 Å². The minimum absolute atomic E-state index is 0.276. The van der Waals surface area contributed by atoms with E-state index < -0.39 is 15.9 Å². The summed E-state index contributed by atoms with van der Waals surface area (Å²) in [6.07, 6.45) is 5.94. The average Bonchev–Trinajstić information content (AvgIpc) is 3.14. The topological polar surface area (TPSA) is 75.7 Å². The monoisotopic (exact) mass is 514 g/mol. The molecule has 0 unspecified atom stereocenters. The summed E-state index contributed by atoms with van der Waals surface area (Å²) in [6, 6.07) is 14.1. The zero-order valence-corrected chi connectivity index (χ0v) is 18.6. The Morgan fingerprint density at radius 3 is 2.29 bits per heavy atom. The lowest BCUT2D eigenvalue weighted by Crippen LogP contribution is -2.37. The van der Waals surface area contributed by atoms with Crippen molar-refractivity contribution in [3.63, 3.8) is 0 Å². The molecule has 1 aliphatic carbocycles. The predicted molar refractivity (Wildman–Crippen MR) is 119 cm³/mol. The molecule has 0 atom stereocenters. The molecule has 150 valence electrons. The van der Waals surface area contributed by atoms with Crippen LogP contribution in [0.3, 0.4) is 0 Å². The second kappa shape index (κ2) is 9.13. The van der Waals surface area contributed by atoms with Gasteiger partial charge in [0, 0.05) is 9.26 Å². The summed E-state index contributed by atoms with van der Waals surface area (Å²) < 4.78 is 32.3. The van der Waals surface area contributed by atoms with Gasteiger partial charge >= 0.3 is 0 Å². The molecule has 0 saturated heterocycles. The van der Waals surface area contributed by atoms with E-state index in [1.807, 2.05) is 12.1 Å². The molecule has 1 fully saturated rings. The number of ether oxygens (including phenoxy) is 1. The SMILES string of the molecule is CS(=O)(=O)N(CC(=O)Nc1ccc(OC2CCCC2)cc1)c1ccc(I)cc1. The maximum absolute atomic E-state index is 12.4. The van der Waals surface area contributed by atoms with Crippen LogP contribution in [0.25, 0.3) is 0 Å². The molecule has 0 aromatic heterocycles. The number of nitrogens with one attached hydrogen (secondary N) is 1. The van der Waals surface area contributed by atoms with E-state index in [9.17, 15) is 13.2 Å². The van der Waals surface area contributed by atoms with E-state index >= 15 is 0 Å². The molecule has 3 rings (SSSR count). The summed E-state index contributed by atoms with van der Waals surface area (Å²) in [7, 11) is -3.59. The van der Waals surface area contributed by atoms with E-state index in [2.05, 4.69) is 27.9 Å². The summed E-state index contributed by atoms with van der Waals surface area (Å²) in [5.41, 5.74) is 1.05. The number of rotatable bonds is 7. The summed E-state index contributed by atoms with van der Waals surface area (Å²) in [4.78, 5) is 12.4. The van der Waals surface area contributed by atoms with Crippen molar-refractivity contribution in [1.29, 1.82) is 0 Å². The number of nitrogens with zero attached hydrogens (tertiary/aromatic N) is 1. The van der Waals surface area contributed by atoms with Crippen LogP contribution >= 0.6 is 22.6 Å². The molecule has 8 heteroatoms. The number of anilines is 2. The van der Waals surface area contributed by atoms with E-state index in [0.29, 0.717) is 11.4 Å². The Morgan fingerprint density at radius 2 is 1.71 bits per heavy atom. The molecule has 0 bridgehead atoms. The number of halogens is 1. The standard InChI is InChI=1S/C20H23IN2O4S/c1-28(25,26)23(17-10-6-15(21)7-11-17)14-20(24)22-16-8-12-19(13-9-16)27-18-4-2-3-5-18/h6-13,18H,2-5,14H2,1H3,(H,22,24). The minimum Gasteiger partial charge on any atom is -0.490 e. The lowest BCUT2D eigenvalue weighted by atomic mass is 10.2. The second-order valence-electron chi connectivity index (χ2n) is 6.84. The van der Waals surface area contributed by atoms with Gasteiger partial charge in [-0.1, -0.05) is 0 Å². The van der Waals surface area contributed by atoms with E-state index in [1.54, 1.807) is 36.4 Å². The molecular formula is C20H23IN2O4S. The maximum Gasteiger partial charge on any atom is 0.245 e. The average molecular weight is 514 g/mol. The number of carbonyl (C=O) groups excluding carboxylic acids is 1. The molecule has 0 heterocycles. The summed E-state index contributed by atoms with van der Waals surface area (Å²) in [6.45, 7) is -0.292. The quantitative estimate of drug-likeness (QED) is 0.567. The van der Waals surface area contributed by atoms with Gasteiger partial charge in [-0.25, -0.2) is 8.42 Å². The Hall–Kier alpha value is -1.81. The third kappa shape index (κ3) is 5.84. The minimum atomic E-state index is -3.59. The Balaban J connectivity index is 1.63. The Labute approximate surface area is 179 Å². The number of carbonyl (C=O) groups is 1. The molecule has 0 aliphatic heterocycles. The molecule has 1 saturated carbocycles. The van der Waals surface area contributed by atoms with Crippen LogP contribution in [0.15, 0.2) is 48.5 Å². The highest BCUT2D eigenvalue weighted by Crippen LogP contribution is 2.25. The molecular weight excluding hydrogens is 491 g/mol. The molecule has 1 aliphatic rings. The van der Waals surface area contributed by atoms with Crippen LogP contribution in [0, 0.1) is 3.57 Å². The van der Waals surface area contributed by atoms with Gasteiger partial charge in [-0.3, -0.25) is 9.10 Å². The fraction of sp³-hybridized carbons (Fsp3) is 0.350. The first-order valence-corrected chi connectivity index (χ1v) is 12.0. The molecule has 2 aromatic carbocycles. The van der Waals surface area contributed by atoms with Gasteiger partial charge in [-0.05, 0) is 96.8 Å². The number of amides is 1. The molecule has 2 aromatic rings. The predicted octanol–water partition coefficient (Wildman–Crippen LogP) is 4.02. The van der Waals surface area contributed by atoms with Crippen molar-refractivity contribution in [1.82, 2.24) is 0 Å². The lowest BCUT2D eigenvalue weighted by Gasteiger charge is -2.22. The highest BCUT2D eigenvalue weighted by Gasteiger charge is 2.21. The first-order valence-electron chi connectivity index (χ1n) is 9.11. The van der Waals surface area contributed by atoms with Crippen LogP contribution in [0.4, 0.5) is 11.4 Å². The largest absolute Gasteiger partial charge is 0.490 e. The molecule has 1 amide bonds. The van der Waals surface area contributed by atoms with Crippen molar-refractivity contribution in [3.05, 3.63) is 52.1 Å². The van der Waals surface area contributed by atoms with Crippen LogP contribution in [0.1, 0.15) is 25.7 Å². The van der Waals surface area contributed by atoms with Gasteiger partial charge in [0.1, 0.15) is 12.3 Å². The number of hydrogen-bond donors (Lipinski definition) is 1. The molecule has 28 heavy (non-hydrogen) atoms. The second-order valence-corrected chi connectivity index (χ2v) is 10.00. The number of hydrogen-bond acceptors (Lipinski definition) is 4. The fourth-order valence-electron chi connectivity index (χ4n) is 3.15. The van der Waals surface area contributed by atoms with Crippen molar-refractivity contribution in [2.75, 3.05) is 22.4 Å². The summed E-state index contributed by atoms with van der Waals surface area (Å²) in [5, 5.41) is 2.74. The zero-order valence-electron chi connectivity index (χ0n) is 15.6. The number of benzene rings is 2. The molecule has 1 N–H and O–H groups in total. The van der Waals surface area contributed by atoms with Crippen molar-refractivity contribution in [3.8, 4) is 5.75 Å². The first kappa shape index (κ1) is 20.9. The Morgan fingerprint density at radius 1 is 1.11 bits per heavy atom. The van der Waals surface area contributed by atoms with Gasteiger partial charge in [0.25, 0.3) is 0 Å². The normalized spacial score (nSPS) is 14.6. The first-order chi connectivity index (χ1) is 13.3. The molecule has 0 spiro atoms. The van der Waals surface area contributed by atoms with E-state index in [1.165, 1.54) is 12.8 Å². The third-order valence-corrected chi connectivity index (χ3v) is 6.40. The van der Waals surface area contributed by atoms with Gasteiger partial charge in [-0.15, -0.1) is 0 Å². The lowest BCUT2D eigenvalue weighted by molar-refractivity contribution is -0.114. The van der Waals surface area contributed by atoms with Crippen LogP contribution in [-0.4, -0.2) is 33.2 Å². The zero-order chi connectivity index (χ0) is 20.1. The van der Waals surface area contributed by atoms with Crippen molar-refractivity contribution < 1.29 is 17.9 Å². The van der Waals surface area contributed by atoms with Crippen molar-refractivity contribution in [2.24, 2.45) is 0 Å². The van der Waals surface area contributed by atoms with E-state index in [0.717, 1.165) is 32.7 Å². The van der Waals surface area contributed by atoms with Crippen LogP contribution in [0.2, 0.25) is 0 Å². The Bertz CT molecular complexity index is 908. The van der Waals surface area contributed by atoms with E-state index in [-0.39, 0.29) is 12.6 Å². The van der Waals surface area contributed by atoms with Crippen LogP contribution < -0.4 is 14.4 Å². The van der Waals surface area contributed by atoms with Crippen molar-refractivity contribution in [2.45, 2.75) is 31.8 Å². The summed E-state index contributed by atoms with van der Waals surface area (Å²) in [5.74, 6) is 0.370. The van der Waals surface area contributed by atoms with Gasteiger partial charge in [-0.2, -0.15) is 0 Å². The third-order valence-electron chi connectivity index (χ3n) is 4.55. The Kier molecular flexibility index (Phi) is 6.82. The molecule has 6 nitrogen and oxygen atoms in total. The molecule has 0 radical (unpaired) electrons. The fourth-order valence-corrected chi connectivity index (χ4v) is 4.37. The highest BCUT2D eigenvalue weighted by molar-refractivity contribution is 14.1. The van der Waals surface area contributed by atoms with Gasteiger partial charge < -0.3 is 10.1 Å².